The van der Waals surface area contributed by atoms with Gasteiger partial charge in [0.15, 0.2) is 11.5 Å². The Bertz CT molecular complexity index is 628. The van der Waals surface area contributed by atoms with E-state index in [0.717, 1.165) is 23.9 Å². The van der Waals surface area contributed by atoms with Crippen LogP contribution in [0, 0.1) is 5.92 Å². The van der Waals surface area contributed by atoms with Crippen molar-refractivity contribution >= 4 is 21.8 Å². The third kappa shape index (κ3) is 2.14. The van der Waals surface area contributed by atoms with Crippen LogP contribution in [0.2, 0.25) is 0 Å². The molecule has 0 radical (unpaired) electrons. The van der Waals surface area contributed by atoms with Crippen molar-refractivity contribution in [1.29, 1.82) is 0 Å². The lowest BCUT2D eigenvalue weighted by Gasteiger charge is -2.28. The lowest BCUT2D eigenvalue weighted by molar-refractivity contribution is 0.0745. The van der Waals surface area contributed by atoms with Crippen molar-refractivity contribution < 1.29 is 14.3 Å². The second-order valence-electron chi connectivity index (χ2n) is 5.73. The van der Waals surface area contributed by atoms with E-state index < -0.39 is 0 Å². The van der Waals surface area contributed by atoms with Gasteiger partial charge >= 0.3 is 0 Å². The Morgan fingerprint density at radius 2 is 2.05 bits per heavy atom. The number of halogens is 1. The molecule has 0 bridgehead atoms. The molecule has 0 aromatic heterocycles. The molecule has 1 aromatic rings. The van der Waals surface area contributed by atoms with Gasteiger partial charge in [-0.15, -0.1) is 0 Å². The highest BCUT2D eigenvalue weighted by Gasteiger charge is 2.37. The van der Waals surface area contributed by atoms with E-state index in [1.165, 1.54) is 6.42 Å². The van der Waals surface area contributed by atoms with Gasteiger partial charge in [0.25, 0.3) is 5.91 Å². The number of likely N-dealkylation sites (tertiary alicyclic amines) is 1. The van der Waals surface area contributed by atoms with Crippen molar-refractivity contribution in [3.05, 3.63) is 34.3 Å². The van der Waals surface area contributed by atoms with Crippen LogP contribution in [0.3, 0.4) is 0 Å². The smallest absolute Gasteiger partial charge is 0.255 e. The number of carbonyl (C=O) groups excluding carboxylic acids is 1. The van der Waals surface area contributed by atoms with Crippen LogP contribution in [-0.2, 0) is 0 Å². The molecule has 1 aliphatic carbocycles. The molecule has 4 nitrogen and oxygen atoms in total. The number of hydrogen-bond acceptors (Lipinski definition) is 3. The second-order valence-corrected chi connectivity index (χ2v) is 6.58. The van der Waals surface area contributed by atoms with Crippen molar-refractivity contribution in [2.75, 3.05) is 13.3 Å². The molecular formula is C16H16BrNO3. The molecule has 1 aromatic carbocycles. The molecule has 0 spiro atoms. The summed E-state index contributed by atoms with van der Waals surface area (Å²) in [6.07, 6.45) is 7.81. The minimum atomic E-state index is 0.0687. The fourth-order valence-electron chi connectivity index (χ4n) is 3.47. The second kappa shape index (κ2) is 5.05. The SMILES string of the molecule is O=C(c1cc2c(cc1Br)OCO2)N1CC[C@H]2CCC=C[C@H]21. The van der Waals surface area contributed by atoms with Crippen molar-refractivity contribution in [2.24, 2.45) is 5.92 Å². The standard InChI is InChI=1S/C16H16BrNO3/c17-12-8-15-14(20-9-21-15)7-11(12)16(19)18-6-5-10-3-1-2-4-13(10)18/h2,4,7-8,10,13H,1,3,5-6,9H2/t10-,13-/m1/s1. The Morgan fingerprint density at radius 3 is 2.90 bits per heavy atom. The van der Waals surface area contributed by atoms with E-state index in [0.29, 0.717) is 23.0 Å². The van der Waals surface area contributed by atoms with E-state index in [4.69, 9.17) is 9.47 Å². The van der Waals surface area contributed by atoms with Gasteiger partial charge in [-0.05, 0) is 53.2 Å². The largest absolute Gasteiger partial charge is 0.454 e. The van der Waals surface area contributed by atoms with Crippen LogP contribution in [0.4, 0.5) is 0 Å². The molecule has 110 valence electrons. The summed E-state index contributed by atoms with van der Waals surface area (Å²) in [4.78, 5) is 14.9. The number of rotatable bonds is 1. The van der Waals surface area contributed by atoms with Crippen LogP contribution < -0.4 is 9.47 Å². The van der Waals surface area contributed by atoms with Crippen LogP contribution in [0.5, 0.6) is 11.5 Å². The van der Waals surface area contributed by atoms with E-state index in [2.05, 4.69) is 28.1 Å². The molecule has 0 N–H and O–H groups in total. The summed E-state index contributed by atoms with van der Waals surface area (Å²) in [6, 6.07) is 3.86. The molecule has 3 aliphatic rings. The maximum atomic E-state index is 12.9. The monoisotopic (exact) mass is 349 g/mol. The van der Waals surface area contributed by atoms with Gasteiger partial charge in [0, 0.05) is 11.0 Å². The fourth-order valence-corrected chi connectivity index (χ4v) is 3.97. The topological polar surface area (TPSA) is 38.8 Å². The average Bonchev–Trinajstić information content (AvgIpc) is 3.11. The molecule has 0 saturated carbocycles. The zero-order valence-corrected chi connectivity index (χ0v) is 13.1. The molecule has 1 amide bonds. The van der Waals surface area contributed by atoms with Crippen molar-refractivity contribution in [3.63, 3.8) is 0 Å². The highest BCUT2D eigenvalue weighted by Crippen LogP contribution is 2.39. The number of nitrogens with zero attached hydrogens (tertiary/aromatic N) is 1. The summed E-state index contributed by atoms with van der Waals surface area (Å²) in [5.41, 5.74) is 0.652. The third-order valence-corrected chi connectivity index (χ3v) is 5.23. The Hall–Kier alpha value is -1.49. The first-order valence-corrected chi connectivity index (χ1v) is 8.10. The minimum absolute atomic E-state index is 0.0687. The van der Waals surface area contributed by atoms with Gasteiger partial charge in [-0.25, -0.2) is 0 Å². The van der Waals surface area contributed by atoms with Gasteiger partial charge in [-0.3, -0.25) is 4.79 Å². The predicted octanol–water partition coefficient (Wildman–Crippen LogP) is 3.36. The molecular weight excluding hydrogens is 334 g/mol. The van der Waals surface area contributed by atoms with E-state index in [1.807, 2.05) is 11.0 Å². The number of amides is 1. The van der Waals surface area contributed by atoms with E-state index in [1.54, 1.807) is 6.07 Å². The van der Waals surface area contributed by atoms with Crippen LogP contribution >= 0.6 is 15.9 Å². The Morgan fingerprint density at radius 1 is 1.24 bits per heavy atom. The number of benzene rings is 1. The quantitative estimate of drug-likeness (QED) is 0.729. The number of allylic oxidation sites excluding steroid dienone is 1. The van der Waals surface area contributed by atoms with Gasteiger partial charge in [-0.2, -0.15) is 0 Å². The van der Waals surface area contributed by atoms with Crippen molar-refractivity contribution in [3.8, 4) is 11.5 Å². The van der Waals surface area contributed by atoms with Crippen molar-refractivity contribution in [2.45, 2.75) is 25.3 Å². The Kier molecular flexibility index (Phi) is 3.17. The van der Waals surface area contributed by atoms with Crippen LogP contribution in [0.15, 0.2) is 28.8 Å². The highest BCUT2D eigenvalue weighted by atomic mass is 79.9. The Balaban J connectivity index is 1.66. The maximum absolute atomic E-state index is 12.9. The van der Waals surface area contributed by atoms with E-state index in [9.17, 15) is 4.79 Å². The summed E-state index contributed by atoms with van der Waals surface area (Å²) in [6.45, 7) is 1.05. The van der Waals surface area contributed by atoms with Gasteiger partial charge in [0.05, 0.1) is 11.6 Å². The molecule has 5 heteroatoms. The van der Waals surface area contributed by atoms with Gasteiger partial charge < -0.3 is 14.4 Å². The molecule has 2 aliphatic heterocycles. The average molecular weight is 350 g/mol. The lowest BCUT2D eigenvalue weighted by Crippen LogP contribution is -2.37. The molecule has 2 heterocycles. The van der Waals surface area contributed by atoms with Crippen molar-refractivity contribution in [1.82, 2.24) is 4.90 Å². The van der Waals surface area contributed by atoms with E-state index in [-0.39, 0.29) is 18.7 Å². The van der Waals surface area contributed by atoms with E-state index >= 15 is 0 Å². The van der Waals surface area contributed by atoms with Crippen LogP contribution in [0.25, 0.3) is 0 Å². The van der Waals surface area contributed by atoms with Gasteiger partial charge in [0.2, 0.25) is 6.79 Å². The highest BCUT2D eigenvalue weighted by molar-refractivity contribution is 9.10. The summed E-state index contributed by atoms with van der Waals surface area (Å²) in [7, 11) is 0. The molecule has 4 rings (SSSR count). The number of fused-ring (bicyclic) bond motifs is 2. The minimum Gasteiger partial charge on any atom is -0.454 e. The predicted molar refractivity (Wildman–Crippen MR) is 81.6 cm³/mol. The molecule has 1 fully saturated rings. The normalized spacial score (nSPS) is 26.0. The maximum Gasteiger partial charge on any atom is 0.255 e. The van der Waals surface area contributed by atoms with Crippen LogP contribution in [-0.4, -0.2) is 30.2 Å². The number of carbonyl (C=O) groups is 1. The number of ether oxygens (including phenoxy) is 2. The first-order valence-electron chi connectivity index (χ1n) is 7.31. The molecule has 0 unspecified atom stereocenters. The lowest BCUT2D eigenvalue weighted by atomic mass is 9.90. The van der Waals surface area contributed by atoms with Gasteiger partial charge in [0.1, 0.15) is 0 Å². The van der Waals surface area contributed by atoms with Gasteiger partial charge in [-0.1, -0.05) is 12.2 Å². The Labute approximate surface area is 131 Å². The fraction of sp³-hybridized carbons (Fsp3) is 0.438. The summed E-state index contributed by atoms with van der Waals surface area (Å²) in [5, 5.41) is 0. The molecule has 2 atom stereocenters. The third-order valence-electron chi connectivity index (χ3n) is 4.57. The van der Waals surface area contributed by atoms with Crippen LogP contribution in [0.1, 0.15) is 29.6 Å². The zero-order valence-electron chi connectivity index (χ0n) is 11.5. The summed E-state index contributed by atoms with van der Waals surface area (Å²) in [5.74, 6) is 2.03. The summed E-state index contributed by atoms with van der Waals surface area (Å²) >= 11 is 3.48. The first-order chi connectivity index (χ1) is 10.2. The number of hydrogen-bond donors (Lipinski definition) is 0. The zero-order chi connectivity index (χ0) is 14.4. The molecule has 21 heavy (non-hydrogen) atoms. The summed E-state index contributed by atoms with van der Waals surface area (Å²) < 4.78 is 11.5. The first kappa shape index (κ1) is 13.2. The molecule has 1 saturated heterocycles.